The molecule has 0 radical (unpaired) electrons. The van der Waals surface area contributed by atoms with Gasteiger partial charge in [-0.25, -0.2) is 8.42 Å². The summed E-state index contributed by atoms with van der Waals surface area (Å²) in [6.07, 6.45) is 2.65. The van der Waals surface area contributed by atoms with Gasteiger partial charge in [-0.1, -0.05) is 61.3 Å². The van der Waals surface area contributed by atoms with Gasteiger partial charge in [0, 0.05) is 41.7 Å². The van der Waals surface area contributed by atoms with Crippen LogP contribution in [0.15, 0.2) is 48.5 Å². The van der Waals surface area contributed by atoms with Crippen molar-refractivity contribution in [2.75, 3.05) is 23.7 Å². The molecule has 0 unspecified atom stereocenters. The van der Waals surface area contributed by atoms with Gasteiger partial charge in [0.1, 0.15) is 6.04 Å². The molecule has 2 aromatic carbocycles. The van der Waals surface area contributed by atoms with E-state index in [1.807, 2.05) is 13.8 Å². The second-order valence-electron chi connectivity index (χ2n) is 8.21. The van der Waals surface area contributed by atoms with Crippen molar-refractivity contribution >= 4 is 50.7 Å². The van der Waals surface area contributed by atoms with Gasteiger partial charge in [0.05, 0.1) is 11.9 Å². The van der Waals surface area contributed by atoms with E-state index >= 15 is 0 Å². The number of rotatable bonds is 13. The number of benzene rings is 2. The van der Waals surface area contributed by atoms with Crippen molar-refractivity contribution in [2.24, 2.45) is 0 Å². The van der Waals surface area contributed by atoms with Gasteiger partial charge >= 0.3 is 0 Å². The van der Waals surface area contributed by atoms with Crippen molar-refractivity contribution in [1.29, 1.82) is 0 Å². The topological polar surface area (TPSA) is 86.8 Å². The molecule has 2 amide bonds. The van der Waals surface area contributed by atoms with Gasteiger partial charge in [0.25, 0.3) is 0 Å². The molecule has 0 saturated heterocycles. The summed E-state index contributed by atoms with van der Waals surface area (Å²) in [5.74, 6) is -0.520. The van der Waals surface area contributed by atoms with E-state index in [-0.39, 0.29) is 37.7 Å². The van der Waals surface area contributed by atoms with Crippen LogP contribution in [0.5, 0.6) is 0 Å². The number of carbonyl (C=O) groups is 2. The van der Waals surface area contributed by atoms with Gasteiger partial charge in [-0.3, -0.25) is 13.9 Å². The standard InChI is InChI=1S/C25H33Cl2N3O4S/c1-4-16-28-25(32)23(5-2)29(18-20-21(26)13-9-14-22(20)27)24(31)15-10-17-30(35(3,33)34)19-11-7-6-8-12-19/h6-9,11-14,23H,4-5,10,15-18H2,1-3H3,(H,28,32)/t23-/m1/s1. The maximum Gasteiger partial charge on any atom is 0.242 e. The zero-order valence-electron chi connectivity index (χ0n) is 20.3. The van der Waals surface area contributed by atoms with Crippen molar-refractivity contribution in [2.45, 2.75) is 52.1 Å². The summed E-state index contributed by atoms with van der Waals surface area (Å²) in [7, 11) is -3.53. The first-order valence-electron chi connectivity index (χ1n) is 11.6. The zero-order valence-corrected chi connectivity index (χ0v) is 22.7. The number of amides is 2. The molecule has 10 heteroatoms. The highest BCUT2D eigenvalue weighted by Crippen LogP contribution is 2.27. The van der Waals surface area contributed by atoms with E-state index in [1.165, 1.54) is 9.21 Å². The first-order valence-corrected chi connectivity index (χ1v) is 14.2. The van der Waals surface area contributed by atoms with Crippen LogP contribution in [0.4, 0.5) is 5.69 Å². The molecule has 0 saturated carbocycles. The molecular formula is C25H33Cl2N3O4S. The molecule has 0 aliphatic heterocycles. The molecule has 1 N–H and O–H groups in total. The fraction of sp³-hybridized carbons (Fsp3) is 0.440. The third kappa shape index (κ3) is 8.40. The maximum absolute atomic E-state index is 13.4. The maximum atomic E-state index is 13.4. The lowest BCUT2D eigenvalue weighted by molar-refractivity contribution is -0.141. The average Bonchev–Trinajstić information content (AvgIpc) is 2.81. The molecule has 0 bridgehead atoms. The monoisotopic (exact) mass is 541 g/mol. The van der Waals surface area contributed by atoms with Crippen LogP contribution in [0.25, 0.3) is 0 Å². The molecule has 0 aromatic heterocycles. The molecule has 0 heterocycles. The van der Waals surface area contributed by atoms with Gasteiger partial charge in [0.2, 0.25) is 21.8 Å². The van der Waals surface area contributed by atoms with Crippen LogP contribution in [0.3, 0.4) is 0 Å². The van der Waals surface area contributed by atoms with E-state index in [2.05, 4.69) is 5.32 Å². The van der Waals surface area contributed by atoms with E-state index in [4.69, 9.17) is 23.2 Å². The Morgan fingerprint density at radius 3 is 2.17 bits per heavy atom. The number of sulfonamides is 1. The molecule has 35 heavy (non-hydrogen) atoms. The van der Waals surface area contributed by atoms with Crippen LogP contribution in [0.2, 0.25) is 10.0 Å². The molecule has 0 aliphatic rings. The van der Waals surface area contributed by atoms with Crippen molar-refractivity contribution in [1.82, 2.24) is 10.2 Å². The quantitative estimate of drug-likeness (QED) is 0.391. The van der Waals surface area contributed by atoms with Crippen molar-refractivity contribution < 1.29 is 18.0 Å². The van der Waals surface area contributed by atoms with Crippen molar-refractivity contribution in [3.63, 3.8) is 0 Å². The van der Waals surface area contributed by atoms with E-state index in [9.17, 15) is 18.0 Å². The number of nitrogens with zero attached hydrogens (tertiary/aromatic N) is 2. The number of hydrogen-bond acceptors (Lipinski definition) is 4. The third-order valence-electron chi connectivity index (χ3n) is 5.52. The Hall–Kier alpha value is -2.29. The molecule has 192 valence electrons. The van der Waals surface area contributed by atoms with Crippen LogP contribution in [-0.4, -0.2) is 50.5 Å². The Kier molecular flexibility index (Phi) is 11.3. The lowest BCUT2D eigenvalue weighted by atomic mass is 10.1. The fourth-order valence-electron chi connectivity index (χ4n) is 3.74. The van der Waals surface area contributed by atoms with E-state index < -0.39 is 16.1 Å². The number of halogens is 2. The van der Waals surface area contributed by atoms with Gasteiger partial charge in [-0.05, 0) is 43.5 Å². The molecule has 7 nitrogen and oxygen atoms in total. The normalized spacial score (nSPS) is 12.1. The van der Waals surface area contributed by atoms with Crippen molar-refractivity contribution in [3.8, 4) is 0 Å². The Balaban J connectivity index is 2.24. The first-order chi connectivity index (χ1) is 16.6. The Morgan fingerprint density at radius 2 is 1.63 bits per heavy atom. The molecular weight excluding hydrogens is 509 g/mol. The summed E-state index contributed by atoms with van der Waals surface area (Å²) in [4.78, 5) is 27.8. The Labute approximate surface area is 218 Å². The second kappa shape index (κ2) is 13.7. The van der Waals surface area contributed by atoms with E-state index in [1.54, 1.807) is 48.5 Å². The summed E-state index contributed by atoms with van der Waals surface area (Å²) in [6, 6.07) is 13.1. The smallest absolute Gasteiger partial charge is 0.242 e. The number of carbonyl (C=O) groups excluding carboxylic acids is 2. The summed E-state index contributed by atoms with van der Waals surface area (Å²) in [5.41, 5.74) is 1.10. The molecule has 2 rings (SSSR count). The highest BCUT2D eigenvalue weighted by atomic mass is 35.5. The predicted octanol–water partition coefficient (Wildman–Crippen LogP) is 4.87. The van der Waals surface area contributed by atoms with Gasteiger partial charge in [0.15, 0.2) is 0 Å². The third-order valence-corrected chi connectivity index (χ3v) is 7.42. The van der Waals surface area contributed by atoms with E-state index in [0.717, 1.165) is 12.7 Å². The van der Waals surface area contributed by atoms with Crippen LogP contribution in [-0.2, 0) is 26.2 Å². The first kappa shape index (κ1) is 28.9. The molecule has 0 spiro atoms. The Bertz CT molecular complexity index is 1080. The van der Waals surface area contributed by atoms with Crippen LogP contribution in [0.1, 0.15) is 45.1 Å². The minimum atomic E-state index is -3.53. The average molecular weight is 543 g/mol. The number of para-hydroxylation sites is 1. The summed E-state index contributed by atoms with van der Waals surface area (Å²) < 4.78 is 26.0. The van der Waals surface area contributed by atoms with Crippen LogP contribution in [0, 0.1) is 0 Å². The second-order valence-corrected chi connectivity index (χ2v) is 10.9. The molecule has 2 aromatic rings. The summed E-state index contributed by atoms with van der Waals surface area (Å²) in [6.45, 7) is 4.50. The largest absolute Gasteiger partial charge is 0.354 e. The lowest BCUT2D eigenvalue weighted by Crippen LogP contribution is -2.49. The fourth-order valence-corrected chi connectivity index (χ4v) is 5.22. The highest BCUT2D eigenvalue weighted by Gasteiger charge is 2.29. The summed E-state index contributed by atoms with van der Waals surface area (Å²) >= 11 is 12.7. The van der Waals surface area contributed by atoms with Gasteiger partial charge < -0.3 is 10.2 Å². The van der Waals surface area contributed by atoms with Gasteiger partial charge in [-0.2, -0.15) is 0 Å². The molecule has 0 fully saturated rings. The van der Waals surface area contributed by atoms with Crippen molar-refractivity contribution in [3.05, 3.63) is 64.1 Å². The minimum Gasteiger partial charge on any atom is -0.354 e. The zero-order chi connectivity index (χ0) is 26.0. The molecule has 0 aliphatic carbocycles. The van der Waals surface area contributed by atoms with Crippen LogP contribution >= 0.6 is 23.2 Å². The van der Waals surface area contributed by atoms with E-state index in [0.29, 0.717) is 34.3 Å². The lowest BCUT2D eigenvalue weighted by Gasteiger charge is -2.31. The Morgan fingerprint density at radius 1 is 1.00 bits per heavy atom. The summed E-state index contributed by atoms with van der Waals surface area (Å²) in [5, 5.41) is 3.68. The minimum absolute atomic E-state index is 0.0541. The molecule has 1 atom stereocenters. The number of nitrogens with one attached hydrogen (secondary N) is 1. The number of anilines is 1. The highest BCUT2D eigenvalue weighted by molar-refractivity contribution is 7.92. The predicted molar refractivity (Wildman–Crippen MR) is 142 cm³/mol. The number of hydrogen-bond donors (Lipinski definition) is 1. The van der Waals surface area contributed by atoms with Crippen LogP contribution < -0.4 is 9.62 Å². The van der Waals surface area contributed by atoms with Gasteiger partial charge in [-0.15, -0.1) is 0 Å². The SMILES string of the molecule is CCCNC(=O)[C@@H](CC)N(Cc1c(Cl)cccc1Cl)C(=O)CCCN(c1ccccc1)S(C)(=O)=O.